The Balaban J connectivity index is 1.48. The molecule has 3 rings (SSSR count). The number of benzene rings is 2. The molecule has 1 aliphatic heterocycles. The molecule has 5 heteroatoms. The minimum absolute atomic E-state index is 0.0396. The number of likely N-dealkylation sites (tertiary alicyclic amines) is 1. The second-order valence-electron chi connectivity index (χ2n) is 6.28. The van der Waals surface area contributed by atoms with Crippen LogP contribution < -0.4 is 5.32 Å². The number of carbonyl (C=O) groups excluding carboxylic acids is 2. The van der Waals surface area contributed by atoms with Gasteiger partial charge < -0.3 is 10.2 Å². The molecule has 2 amide bonds. The molecule has 2 aromatic carbocycles. The minimum atomic E-state index is -0.356. The molecule has 0 radical (unpaired) electrons. The SMILES string of the molecule is O=C(NCc1ccccc1)C1CCN(C(=O)c2ccc(F)cc2)CC1. The van der Waals surface area contributed by atoms with E-state index in [0.717, 1.165) is 5.56 Å². The molecule has 25 heavy (non-hydrogen) atoms. The molecule has 1 aliphatic rings. The summed E-state index contributed by atoms with van der Waals surface area (Å²) in [5, 5.41) is 2.97. The number of nitrogens with zero attached hydrogens (tertiary/aromatic N) is 1. The fraction of sp³-hybridized carbons (Fsp3) is 0.300. The lowest BCUT2D eigenvalue weighted by Gasteiger charge is -2.31. The Morgan fingerprint density at radius 1 is 1.00 bits per heavy atom. The van der Waals surface area contributed by atoms with Crippen molar-refractivity contribution in [3.63, 3.8) is 0 Å². The van der Waals surface area contributed by atoms with E-state index in [9.17, 15) is 14.0 Å². The van der Waals surface area contributed by atoms with Crippen molar-refractivity contribution in [2.75, 3.05) is 13.1 Å². The van der Waals surface area contributed by atoms with Crippen LogP contribution in [0.15, 0.2) is 54.6 Å². The highest BCUT2D eigenvalue weighted by molar-refractivity contribution is 5.94. The molecular formula is C20H21FN2O2. The van der Waals surface area contributed by atoms with Crippen LogP contribution in [0, 0.1) is 11.7 Å². The molecule has 0 bridgehead atoms. The summed E-state index contributed by atoms with van der Waals surface area (Å²) in [5.74, 6) is -0.493. The number of hydrogen-bond acceptors (Lipinski definition) is 2. The van der Waals surface area contributed by atoms with Gasteiger partial charge >= 0.3 is 0 Å². The molecule has 1 fully saturated rings. The molecule has 4 nitrogen and oxygen atoms in total. The van der Waals surface area contributed by atoms with E-state index >= 15 is 0 Å². The van der Waals surface area contributed by atoms with Crippen LogP contribution in [-0.4, -0.2) is 29.8 Å². The van der Waals surface area contributed by atoms with Gasteiger partial charge in [0.15, 0.2) is 0 Å². The van der Waals surface area contributed by atoms with E-state index < -0.39 is 0 Å². The van der Waals surface area contributed by atoms with Gasteiger partial charge in [0.05, 0.1) is 0 Å². The first-order valence-electron chi connectivity index (χ1n) is 8.50. The Labute approximate surface area is 146 Å². The Bertz CT molecular complexity index is 723. The molecule has 0 aromatic heterocycles. The molecule has 1 heterocycles. The normalized spacial score (nSPS) is 15.0. The topological polar surface area (TPSA) is 49.4 Å². The van der Waals surface area contributed by atoms with Crippen molar-refractivity contribution >= 4 is 11.8 Å². The van der Waals surface area contributed by atoms with Crippen LogP contribution in [0.3, 0.4) is 0 Å². The maximum Gasteiger partial charge on any atom is 0.253 e. The number of amides is 2. The van der Waals surface area contributed by atoms with Gasteiger partial charge in [-0.15, -0.1) is 0 Å². The zero-order valence-corrected chi connectivity index (χ0v) is 14.0. The molecule has 0 unspecified atom stereocenters. The first-order chi connectivity index (χ1) is 12.1. The summed E-state index contributed by atoms with van der Waals surface area (Å²) >= 11 is 0. The van der Waals surface area contributed by atoms with Crippen molar-refractivity contribution in [2.45, 2.75) is 19.4 Å². The summed E-state index contributed by atoms with van der Waals surface area (Å²) in [5.41, 5.74) is 1.55. The van der Waals surface area contributed by atoms with Gasteiger partial charge in [-0.25, -0.2) is 4.39 Å². The van der Waals surface area contributed by atoms with Crippen molar-refractivity contribution in [1.82, 2.24) is 10.2 Å². The highest BCUT2D eigenvalue weighted by Gasteiger charge is 2.27. The molecular weight excluding hydrogens is 319 g/mol. The minimum Gasteiger partial charge on any atom is -0.352 e. The van der Waals surface area contributed by atoms with Gasteiger partial charge in [-0.1, -0.05) is 30.3 Å². The van der Waals surface area contributed by atoms with Crippen LogP contribution in [-0.2, 0) is 11.3 Å². The summed E-state index contributed by atoms with van der Waals surface area (Å²) < 4.78 is 13.0. The maximum absolute atomic E-state index is 13.0. The predicted octanol–water partition coefficient (Wildman–Crippen LogP) is 2.99. The standard InChI is InChI=1S/C20H21FN2O2/c21-18-8-6-17(7-9-18)20(25)23-12-10-16(11-13-23)19(24)22-14-15-4-2-1-3-5-15/h1-9,16H,10-14H2,(H,22,24). The van der Waals surface area contributed by atoms with E-state index in [0.29, 0.717) is 38.0 Å². The molecule has 1 N–H and O–H groups in total. The van der Waals surface area contributed by atoms with E-state index in [4.69, 9.17) is 0 Å². The highest BCUT2D eigenvalue weighted by atomic mass is 19.1. The van der Waals surface area contributed by atoms with E-state index in [1.165, 1.54) is 24.3 Å². The Morgan fingerprint density at radius 2 is 1.64 bits per heavy atom. The van der Waals surface area contributed by atoms with E-state index in [-0.39, 0.29) is 23.5 Å². The molecule has 0 aliphatic carbocycles. The fourth-order valence-corrected chi connectivity index (χ4v) is 3.05. The summed E-state index contributed by atoms with van der Waals surface area (Å²) in [6.07, 6.45) is 1.29. The van der Waals surface area contributed by atoms with Crippen LogP contribution in [0.5, 0.6) is 0 Å². The third-order valence-corrected chi connectivity index (χ3v) is 4.55. The number of hydrogen-bond donors (Lipinski definition) is 1. The molecule has 130 valence electrons. The second kappa shape index (κ2) is 7.92. The first kappa shape index (κ1) is 17.1. The van der Waals surface area contributed by atoms with Crippen LogP contribution in [0.4, 0.5) is 4.39 Å². The average Bonchev–Trinajstić information content (AvgIpc) is 2.67. The van der Waals surface area contributed by atoms with Gasteiger partial charge in [0.2, 0.25) is 5.91 Å². The molecule has 2 aromatic rings. The average molecular weight is 340 g/mol. The van der Waals surface area contributed by atoms with E-state index in [2.05, 4.69) is 5.32 Å². The fourth-order valence-electron chi connectivity index (χ4n) is 3.05. The van der Waals surface area contributed by atoms with Gasteiger partial charge in [-0.2, -0.15) is 0 Å². The summed E-state index contributed by atoms with van der Waals surface area (Å²) in [7, 11) is 0. The molecule has 0 spiro atoms. The van der Waals surface area contributed by atoms with E-state index in [1.807, 2.05) is 30.3 Å². The zero-order valence-electron chi connectivity index (χ0n) is 14.0. The molecule has 0 saturated carbocycles. The van der Waals surface area contributed by atoms with Crippen LogP contribution in [0.2, 0.25) is 0 Å². The quantitative estimate of drug-likeness (QED) is 0.930. The zero-order chi connectivity index (χ0) is 17.6. The van der Waals surface area contributed by atoms with Crippen LogP contribution >= 0.6 is 0 Å². The third kappa shape index (κ3) is 4.44. The van der Waals surface area contributed by atoms with Crippen molar-refractivity contribution in [3.05, 3.63) is 71.5 Å². The maximum atomic E-state index is 13.0. The largest absolute Gasteiger partial charge is 0.352 e. The molecule has 1 saturated heterocycles. The summed E-state index contributed by atoms with van der Waals surface area (Å²) in [6, 6.07) is 15.4. The number of piperidine rings is 1. The van der Waals surface area contributed by atoms with Crippen molar-refractivity contribution in [1.29, 1.82) is 0 Å². The van der Waals surface area contributed by atoms with Gasteiger partial charge in [0.1, 0.15) is 5.82 Å². The van der Waals surface area contributed by atoms with Crippen molar-refractivity contribution < 1.29 is 14.0 Å². The lowest BCUT2D eigenvalue weighted by molar-refractivity contribution is -0.126. The second-order valence-corrected chi connectivity index (χ2v) is 6.28. The van der Waals surface area contributed by atoms with Gasteiger partial charge in [-0.3, -0.25) is 9.59 Å². The lowest BCUT2D eigenvalue weighted by Crippen LogP contribution is -2.42. The summed E-state index contributed by atoms with van der Waals surface area (Å²) in [4.78, 5) is 26.4. The highest BCUT2D eigenvalue weighted by Crippen LogP contribution is 2.19. The Hall–Kier alpha value is -2.69. The predicted molar refractivity (Wildman–Crippen MR) is 93.3 cm³/mol. The summed E-state index contributed by atoms with van der Waals surface area (Å²) in [6.45, 7) is 1.60. The number of rotatable bonds is 4. The third-order valence-electron chi connectivity index (χ3n) is 4.55. The lowest BCUT2D eigenvalue weighted by atomic mass is 9.95. The van der Waals surface area contributed by atoms with Crippen molar-refractivity contribution in [3.8, 4) is 0 Å². The van der Waals surface area contributed by atoms with Crippen LogP contribution in [0.1, 0.15) is 28.8 Å². The van der Waals surface area contributed by atoms with Gasteiger partial charge in [0.25, 0.3) is 5.91 Å². The number of carbonyl (C=O) groups is 2. The van der Waals surface area contributed by atoms with Crippen LogP contribution in [0.25, 0.3) is 0 Å². The first-order valence-corrected chi connectivity index (χ1v) is 8.50. The number of halogens is 1. The van der Waals surface area contributed by atoms with Gasteiger partial charge in [-0.05, 0) is 42.7 Å². The van der Waals surface area contributed by atoms with Gasteiger partial charge in [0, 0.05) is 31.1 Å². The van der Waals surface area contributed by atoms with Crippen molar-refractivity contribution in [2.24, 2.45) is 5.92 Å². The molecule has 0 atom stereocenters. The Morgan fingerprint density at radius 3 is 2.28 bits per heavy atom. The Kier molecular flexibility index (Phi) is 5.43. The number of nitrogens with one attached hydrogen (secondary N) is 1. The smallest absolute Gasteiger partial charge is 0.253 e. The van der Waals surface area contributed by atoms with E-state index in [1.54, 1.807) is 4.90 Å². The monoisotopic (exact) mass is 340 g/mol.